The third-order valence-corrected chi connectivity index (χ3v) is 0.357. The molecule has 8 heavy (non-hydrogen) atoms. The number of aliphatic carboxylic acids is 1. The smallest absolute Gasteiger partial charge is 0.332 e. The van der Waals surface area contributed by atoms with Gasteiger partial charge >= 0.3 is 5.97 Å². The Hall–Kier alpha value is -0.900. The summed E-state index contributed by atoms with van der Waals surface area (Å²) in [5.41, 5.74) is 0. The first kappa shape index (κ1) is 10.2. The van der Waals surface area contributed by atoms with Crippen LogP contribution < -0.4 is 0 Å². The molecule has 1 atom stereocenters. The van der Waals surface area contributed by atoms with Crippen LogP contribution in [0.3, 0.4) is 0 Å². The van der Waals surface area contributed by atoms with Crippen LogP contribution in [0.1, 0.15) is 6.92 Å². The first-order valence-corrected chi connectivity index (χ1v) is 1.84. The van der Waals surface area contributed by atoms with Gasteiger partial charge in [-0.1, -0.05) is 0 Å². The van der Waals surface area contributed by atoms with Crippen molar-refractivity contribution in [3.05, 3.63) is 0 Å². The molecule has 0 aromatic rings. The number of hydrogen-bond donors (Lipinski definition) is 2. The molecule has 0 bridgehead atoms. The maximum atomic E-state index is 9.45. The van der Waals surface area contributed by atoms with Crippen molar-refractivity contribution in [2.24, 2.45) is 0 Å². The summed E-state index contributed by atoms with van der Waals surface area (Å²) < 4.78 is 0. The number of carbonyl (C=O) groups is 2. The molecule has 0 aromatic heterocycles. The van der Waals surface area contributed by atoms with Crippen molar-refractivity contribution in [1.29, 1.82) is 0 Å². The summed E-state index contributed by atoms with van der Waals surface area (Å²) in [6, 6.07) is 0. The molecule has 0 saturated heterocycles. The number of carboxylic acid groups (broad SMARTS) is 1. The van der Waals surface area contributed by atoms with Crippen LogP contribution in [0, 0.1) is 0 Å². The molecule has 0 aliphatic rings. The van der Waals surface area contributed by atoms with E-state index in [1.807, 2.05) is 6.79 Å². The molecular weight excluding hydrogens is 112 g/mol. The molecule has 1 unspecified atom stereocenters. The average molecular weight is 120 g/mol. The molecule has 4 heteroatoms. The van der Waals surface area contributed by atoms with Crippen LogP contribution >= 0.6 is 0 Å². The summed E-state index contributed by atoms with van der Waals surface area (Å²) in [6.45, 7) is 3.20. The Bertz CT molecular complexity index is 68.4. The van der Waals surface area contributed by atoms with Crippen molar-refractivity contribution in [1.82, 2.24) is 0 Å². The minimum atomic E-state index is -1.23. The normalized spacial score (nSPS) is 10.8. The zero-order chi connectivity index (χ0) is 7.15. The van der Waals surface area contributed by atoms with E-state index < -0.39 is 12.1 Å². The van der Waals surface area contributed by atoms with Gasteiger partial charge in [0, 0.05) is 0 Å². The summed E-state index contributed by atoms with van der Waals surface area (Å²) in [6.07, 6.45) is -1.23. The molecule has 0 spiro atoms. The fraction of sp³-hybridized carbons (Fsp3) is 0.500. The van der Waals surface area contributed by atoms with Gasteiger partial charge < -0.3 is 15.0 Å². The highest BCUT2D eigenvalue weighted by molar-refractivity contribution is 5.71. The quantitative estimate of drug-likeness (QED) is 0.478. The van der Waals surface area contributed by atoms with Crippen molar-refractivity contribution in [3.63, 3.8) is 0 Å². The van der Waals surface area contributed by atoms with Gasteiger partial charge in [-0.2, -0.15) is 0 Å². The van der Waals surface area contributed by atoms with E-state index in [4.69, 9.17) is 15.0 Å². The Balaban J connectivity index is 0. The minimum absolute atomic E-state index is 1.19. The fourth-order valence-corrected chi connectivity index (χ4v) is 0. The number of hydrogen-bond acceptors (Lipinski definition) is 3. The number of rotatable bonds is 1. The van der Waals surface area contributed by atoms with Crippen LogP contribution in [0.4, 0.5) is 0 Å². The second kappa shape index (κ2) is 6.10. The van der Waals surface area contributed by atoms with Gasteiger partial charge in [0.25, 0.3) is 0 Å². The van der Waals surface area contributed by atoms with Gasteiger partial charge in [0.2, 0.25) is 0 Å². The summed E-state index contributed by atoms with van der Waals surface area (Å²) in [7, 11) is 0. The van der Waals surface area contributed by atoms with E-state index in [0.717, 1.165) is 0 Å². The highest BCUT2D eigenvalue weighted by atomic mass is 16.4. The Morgan fingerprint density at radius 1 is 1.62 bits per heavy atom. The monoisotopic (exact) mass is 120 g/mol. The third kappa shape index (κ3) is 8.92. The van der Waals surface area contributed by atoms with E-state index in [1.165, 1.54) is 6.92 Å². The Kier molecular flexibility index (Phi) is 7.74. The molecule has 4 nitrogen and oxygen atoms in total. The molecule has 0 amide bonds. The van der Waals surface area contributed by atoms with Gasteiger partial charge in [-0.25, -0.2) is 4.79 Å². The second-order valence-electron chi connectivity index (χ2n) is 1.01. The highest BCUT2D eigenvalue weighted by Crippen LogP contribution is 1.73. The lowest BCUT2D eigenvalue weighted by Gasteiger charge is -1.89. The predicted octanol–water partition coefficient (Wildman–Crippen LogP) is -0.733. The van der Waals surface area contributed by atoms with Crippen molar-refractivity contribution in [2.45, 2.75) is 13.0 Å². The standard InChI is InChI=1S/C3H6O3.CH2O/c1-2(4)3(5)6;1-2/h2,4H,1H3,(H,5,6);1H2. The van der Waals surface area contributed by atoms with Gasteiger partial charge in [-0.3, -0.25) is 0 Å². The van der Waals surface area contributed by atoms with E-state index in [1.54, 1.807) is 0 Å². The van der Waals surface area contributed by atoms with Crippen molar-refractivity contribution in [2.75, 3.05) is 0 Å². The van der Waals surface area contributed by atoms with Crippen LogP contribution in [0.15, 0.2) is 0 Å². The lowest BCUT2D eigenvalue weighted by molar-refractivity contribution is -0.145. The first-order valence-electron chi connectivity index (χ1n) is 1.84. The number of carbonyl (C=O) groups excluding carboxylic acids is 1. The number of aliphatic hydroxyl groups excluding tert-OH is 1. The van der Waals surface area contributed by atoms with Gasteiger partial charge in [-0.05, 0) is 6.92 Å². The van der Waals surface area contributed by atoms with Crippen molar-refractivity contribution < 1.29 is 19.8 Å². The predicted molar refractivity (Wildman–Crippen MR) is 26.4 cm³/mol. The molecule has 0 rings (SSSR count). The fourth-order valence-electron chi connectivity index (χ4n) is 0. The molecule has 0 aliphatic heterocycles. The van der Waals surface area contributed by atoms with Gasteiger partial charge in [-0.15, -0.1) is 0 Å². The van der Waals surface area contributed by atoms with E-state index in [2.05, 4.69) is 0 Å². The summed E-state index contributed by atoms with van der Waals surface area (Å²) >= 11 is 0. The van der Waals surface area contributed by atoms with Gasteiger partial charge in [0.1, 0.15) is 12.9 Å². The van der Waals surface area contributed by atoms with Gasteiger partial charge in [0.05, 0.1) is 0 Å². The molecule has 0 aliphatic carbocycles. The maximum absolute atomic E-state index is 9.45. The van der Waals surface area contributed by atoms with E-state index in [-0.39, 0.29) is 0 Å². The summed E-state index contributed by atoms with van der Waals surface area (Å²) in [4.78, 5) is 17.4. The van der Waals surface area contributed by atoms with Crippen LogP contribution in [0.5, 0.6) is 0 Å². The molecule has 48 valence electrons. The lowest BCUT2D eigenvalue weighted by Crippen LogP contribution is -2.13. The Labute approximate surface area is 46.8 Å². The molecule has 0 radical (unpaired) electrons. The topological polar surface area (TPSA) is 74.6 Å². The number of carboxylic acids is 1. The molecular formula is C4H8O4. The minimum Gasteiger partial charge on any atom is -0.479 e. The summed E-state index contributed by atoms with van der Waals surface area (Å²) in [5, 5.41) is 15.8. The molecule has 2 N–H and O–H groups in total. The molecule has 0 aromatic carbocycles. The maximum Gasteiger partial charge on any atom is 0.332 e. The van der Waals surface area contributed by atoms with Crippen LogP contribution in [0.2, 0.25) is 0 Å². The Morgan fingerprint density at radius 3 is 1.75 bits per heavy atom. The molecule has 0 saturated carbocycles. The van der Waals surface area contributed by atoms with Crippen molar-refractivity contribution >= 4 is 12.8 Å². The largest absolute Gasteiger partial charge is 0.479 e. The van der Waals surface area contributed by atoms with E-state index in [9.17, 15) is 4.79 Å². The van der Waals surface area contributed by atoms with Crippen LogP contribution in [-0.4, -0.2) is 29.1 Å². The zero-order valence-corrected chi connectivity index (χ0v) is 4.50. The van der Waals surface area contributed by atoms with Gasteiger partial charge in [0.15, 0.2) is 0 Å². The first-order chi connectivity index (χ1) is 3.64. The molecule has 0 fully saturated rings. The van der Waals surface area contributed by atoms with E-state index in [0.29, 0.717) is 0 Å². The third-order valence-electron chi connectivity index (χ3n) is 0.357. The summed E-state index contributed by atoms with van der Waals surface area (Å²) in [5.74, 6) is -1.19. The number of aliphatic hydroxyl groups is 1. The van der Waals surface area contributed by atoms with Crippen LogP contribution in [0.25, 0.3) is 0 Å². The molecule has 0 heterocycles. The highest BCUT2D eigenvalue weighted by Gasteiger charge is 2.01. The zero-order valence-electron chi connectivity index (χ0n) is 4.50. The average Bonchev–Trinajstić information content (AvgIpc) is 1.72. The Morgan fingerprint density at radius 2 is 1.75 bits per heavy atom. The second-order valence-corrected chi connectivity index (χ2v) is 1.01. The SMILES string of the molecule is C=O.CC(O)C(=O)O. The van der Waals surface area contributed by atoms with Crippen molar-refractivity contribution in [3.8, 4) is 0 Å². The lowest BCUT2D eigenvalue weighted by atomic mass is 10.4. The van der Waals surface area contributed by atoms with Crippen LogP contribution in [-0.2, 0) is 9.59 Å². The van der Waals surface area contributed by atoms with E-state index >= 15 is 0 Å².